The Labute approximate surface area is 160 Å². The first-order valence-corrected chi connectivity index (χ1v) is 8.53. The van der Waals surface area contributed by atoms with Crippen LogP contribution in [-0.2, 0) is 0 Å². The largest absolute Gasteiger partial charge is 0.353 e. The standard InChI is InChI=1S/C19H19F3N6/c1-28(2)10-9-24-19-26-15(13-5-3-4-8-23-13)11-16(27-19)25-14-7-6-12(20)17(21)18(14)22/h3-8,11H,9-10H2,1-2H3,(H2,24,25,26,27). The summed E-state index contributed by atoms with van der Waals surface area (Å²) in [6, 6.07) is 8.86. The number of rotatable bonds is 7. The van der Waals surface area contributed by atoms with Gasteiger partial charge in [-0.15, -0.1) is 0 Å². The molecule has 146 valence electrons. The molecular weight excluding hydrogens is 369 g/mol. The van der Waals surface area contributed by atoms with Gasteiger partial charge < -0.3 is 15.5 Å². The molecule has 28 heavy (non-hydrogen) atoms. The van der Waals surface area contributed by atoms with Crippen molar-refractivity contribution in [1.29, 1.82) is 0 Å². The molecule has 0 radical (unpaired) electrons. The molecule has 0 amide bonds. The topological polar surface area (TPSA) is 66.0 Å². The molecule has 3 aromatic rings. The Balaban J connectivity index is 1.94. The maximum atomic E-state index is 14.0. The number of nitrogens with zero attached hydrogens (tertiary/aromatic N) is 4. The lowest BCUT2D eigenvalue weighted by atomic mass is 10.2. The minimum atomic E-state index is -1.55. The summed E-state index contributed by atoms with van der Waals surface area (Å²) in [4.78, 5) is 15.0. The van der Waals surface area contributed by atoms with E-state index in [0.717, 1.165) is 18.7 Å². The first-order valence-electron chi connectivity index (χ1n) is 8.53. The number of anilines is 3. The van der Waals surface area contributed by atoms with Gasteiger partial charge in [0.25, 0.3) is 0 Å². The molecule has 9 heteroatoms. The van der Waals surface area contributed by atoms with E-state index < -0.39 is 17.5 Å². The fourth-order valence-corrected chi connectivity index (χ4v) is 2.39. The zero-order chi connectivity index (χ0) is 20.1. The number of benzene rings is 1. The van der Waals surface area contributed by atoms with E-state index in [9.17, 15) is 13.2 Å². The predicted octanol–water partition coefficient (Wildman–Crippen LogP) is 3.67. The van der Waals surface area contributed by atoms with Crippen LogP contribution in [0.1, 0.15) is 0 Å². The van der Waals surface area contributed by atoms with Crippen LogP contribution >= 0.6 is 0 Å². The van der Waals surface area contributed by atoms with Crippen molar-refractivity contribution in [2.75, 3.05) is 37.8 Å². The van der Waals surface area contributed by atoms with Gasteiger partial charge in [0.2, 0.25) is 5.95 Å². The number of hydrogen-bond acceptors (Lipinski definition) is 6. The van der Waals surface area contributed by atoms with Crippen LogP contribution in [0.3, 0.4) is 0 Å². The van der Waals surface area contributed by atoms with E-state index in [-0.39, 0.29) is 11.5 Å². The maximum Gasteiger partial charge on any atom is 0.225 e. The van der Waals surface area contributed by atoms with E-state index in [0.29, 0.717) is 23.9 Å². The van der Waals surface area contributed by atoms with Crippen molar-refractivity contribution < 1.29 is 13.2 Å². The molecule has 0 spiro atoms. The van der Waals surface area contributed by atoms with Crippen molar-refractivity contribution in [3.05, 3.63) is 60.0 Å². The quantitative estimate of drug-likeness (QED) is 0.602. The first-order chi connectivity index (χ1) is 13.4. The predicted molar refractivity (Wildman–Crippen MR) is 102 cm³/mol. The van der Waals surface area contributed by atoms with Crippen molar-refractivity contribution in [2.24, 2.45) is 0 Å². The highest BCUT2D eigenvalue weighted by Crippen LogP contribution is 2.25. The minimum absolute atomic E-state index is 0.216. The molecule has 0 saturated heterocycles. The van der Waals surface area contributed by atoms with Gasteiger partial charge in [-0.05, 0) is 38.4 Å². The summed E-state index contributed by atoms with van der Waals surface area (Å²) in [5.41, 5.74) is 0.853. The van der Waals surface area contributed by atoms with Gasteiger partial charge in [0, 0.05) is 25.4 Å². The number of nitrogens with one attached hydrogen (secondary N) is 2. The third kappa shape index (κ3) is 4.74. The first kappa shape index (κ1) is 19.6. The third-order valence-electron chi connectivity index (χ3n) is 3.79. The second-order valence-electron chi connectivity index (χ2n) is 6.25. The minimum Gasteiger partial charge on any atom is -0.353 e. The summed E-state index contributed by atoms with van der Waals surface area (Å²) in [5, 5.41) is 5.77. The monoisotopic (exact) mass is 388 g/mol. The molecule has 0 aliphatic carbocycles. The summed E-state index contributed by atoms with van der Waals surface area (Å²) in [6.07, 6.45) is 1.62. The molecule has 0 atom stereocenters. The van der Waals surface area contributed by atoms with Crippen LogP contribution in [0.2, 0.25) is 0 Å². The van der Waals surface area contributed by atoms with E-state index in [1.54, 1.807) is 24.4 Å². The molecule has 1 aromatic carbocycles. The summed E-state index contributed by atoms with van der Waals surface area (Å²) < 4.78 is 40.7. The highest BCUT2D eigenvalue weighted by molar-refractivity contribution is 5.65. The molecule has 0 saturated carbocycles. The van der Waals surface area contributed by atoms with Crippen molar-refractivity contribution in [3.8, 4) is 11.4 Å². The van der Waals surface area contributed by atoms with Gasteiger partial charge in [0.05, 0.1) is 17.1 Å². The summed E-state index contributed by atoms with van der Waals surface area (Å²) in [5.74, 6) is -3.61. The maximum absolute atomic E-state index is 14.0. The number of likely N-dealkylation sites (N-methyl/N-ethyl adjacent to an activating group) is 1. The van der Waals surface area contributed by atoms with Gasteiger partial charge in [-0.3, -0.25) is 4.98 Å². The van der Waals surface area contributed by atoms with Crippen LogP contribution in [0, 0.1) is 17.5 Å². The van der Waals surface area contributed by atoms with Crippen molar-refractivity contribution in [1.82, 2.24) is 19.9 Å². The molecule has 0 fully saturated rings. The fraction of sp³-hybridized carbons (Fsp3) is 0.211. The Hall–Kier alpha value is -3.20. The van der Waals surface area contributed by atoms with Crippen LogP contribution in [0.15, 0.2) is 42.6 Å². The Kier molecular flexibility index (Phi) is 6.05. The molecule has 3 rings (SSSR count). The average molecular weight is 388 g/mol. The summed E-state index contributed by atoms with van der Waals surface area (Å²) in [6.45, 7) is 1.33. The number of halogens is 3. The van der Waals surface area contributed by atoms with Gasteiger partial charge in [-0.1, -0.05) is 6.07 Å². The lowest BCUT2D eigenvalue weighted by Crippen LogP contribution is -2.21. The molecule has 2 N–H and O–H groups in total. The number of aromatic nitrogens is 3. The Morgan fingerprint density at radius 3 is 2.50 bits per heavy atom. The van der Waals surface area contributed by atoms with E-state index in [4.69, 9.17) is 0 Å². The molecule has 6 nitrogen and oxygen atoms in total. The van der Waals surface area contributed by atoms with Crippen LogP contribution < -0.4 is 10.6 Å². The van der Waals surface area contributed by atoms with Crippen LogP contribution in [0.4, 0.5) is 30.6 Å². The van der Waals surface area contributed by atoms with Crippen molar-refractivity contribution in [3.63, 3.8) is 0 Å². The van der Waals surface area contributed by atoms with E-state index >= 15 is 0 Å². The van der Waals surface area contributed by atoms with Gasteiger partial charge in [0.1, 0.15) is 5.82 Å². The Bertz CT molecular complexity index is 950. The smallest absolute Gasteiger partial charge is 0.225 e. The lowest BCUT2D eigenvalue weighted by molar-refractivity contribution is 0.425. The van der Waals surface area contributed by atoms with Crippen molar-refractivity contribution in [2.45, 2.75) is 0 Å². The van der Waals surface area contributed by atoms with Crippen molar-refractivity contribution >= 4 is 17.5 Å². The summed E-state index contributed by atoms with van der Waals surface area (Å²) >= 11 is 0. The molecule has 0 bridgehead atoms. The van der Waals surface area contributed by atoms with Gasteiger partial charge in [0.15, 0.2) is 17.5 Å². The van der Waals surface area contributed by atoms with E-state index in [1.807, 2.05) is 25.1 Å². The Morgan fingerprint density at radius 2 is 1.79 bits per heavy atom. The van der Waals surface area contributed by atoms with Crippen LogP contribution in [0.5, 0.6) is 0 Å². The molecular formula is C19H19F3N6. The number of pyridine rings is 1. The van der Waals surface area contributed by atoms with Crippen LogP contribution in [-0.4, -0.2) is 47.0 Å². The second-order valence-corrected chi connectivity index (χ2v) is 6.25. The van der Waals surface area contributed by atoms with Crippen LogP contribution in [0.25, 0.3) is 11.4 Å². The lowest BCUT2D eigenvalue weighted by Gasteiger charge is -2.13. The zero-order valence-electron chi connectivity index (χ0n) is 15.4. The fourth-order valence-electron chi connectivity index (χ4n) is 2.39. The van der Waals surface area contributed by atoms with Gasteiger partial charge >= 0.3 is 0 Å². The SMILES string of the molecule is CN(C)CCNc1nc(Nc2ccc(F)c(F)c2F)cc(-c2ccccn2)n1. The third-order valence-corrected chi connectivity index (χ3v) is 3.79. The molecule has 2 heterocycles. The zero-order valence-corrected chi connectivity index (χ0v) is 15.4. The molecule has 0 aliphatic rings. The Morgan fingerprint density at radius 1 is 0.964 bits per heavy atom. The number of hydrogen-bond donors (Lipinski definition) is 2. The van der Waals surface area contributed by atoms with Gasteiger partial charge in [-0.2, -0.15) is 4.98 Å². The van der Waals surface area contributed by atoms with E-state index in [1.165, 1.54) is 0 Å². The summed E-state index contributed by atoms with van der Waals surface area (Å²) in [7, 11) is 3.87. The van der Waals surface area contributed by atoms with E-state index in [2.05, 4.69) is 25.6 Å². The highest BCUT2D eigenvalue weighted by Gasteiger charge is 2.15. The average Bonchev–Trinajstić information content (AvgIpc) is 2.69. The van der Waals surface area contributed by atoms with Gasteiger partial charge in [-0.25, -0.2) is 18.2 Å². The molecule has 0 unspecified atom stereocenters. The molecule has 2 aromatic heterocycles. The molecule has 0 aliphatic heterocycles. The second kappa shape index (κ2) is 8.66. The normalized spacial score (nSPS) is 10.9. The highest BCUT2D eigenvalue weighted by atomic mass is 19.2.